The fourth-order valence-electron chi connectivity index (χ4n) is 1.80. The summed E-state index contributed by atoms with van der Waals surface area (Å²) < 4.78 is 10.5. The van der Waals surface area contributed by atoms with Crippen LogP contribution in [0, 0.1) is 0 Å². The monoisotopic (exact) mass is 225 g/mol. The number of rotatable bonds is 5. The van der Waals surface area contributed by atoms with Crippen LogP contribution in [-0.2, 0) is 6.42 Å². The van der Waals surface area contributed by atoms with Crippen molar-refractivity contribution in [2.45, 2.75) is 19.4 Å². The predicted molar refractivity (Wildman–Crippen MR) is 62.9 cm³/mol. The molecule has 4 nitrogen and oxygen atoms in total. The molecule has 1 unspecified atom stereocenters. The number of methoxy groups -OCH3 is 2. The van der Waals surface area contributed by atoms with Gasteiger partial charge in [-0.15, -0.1) is 0 Å². The molecular formula is C12H19NO3. The zero-order valence-electron chi connectivity index (χ0n) is 9.99. The van der Waals surface area contributed by atoms with Gasteiger partial charge in [0.1, 0.15) is 0 Å². The number of nitrogens with two attached hydrogens (primary N) is 1. The second kappa shape index (κ2) is 5.72. The minimum Gasteiger partial charge on any atom is -0.493 e. The van der Waals surface area contributed by atoms with Crippen molar-refractivity contribution in [3.05, 3.63) is 23.3 Å². The van der Waals surface area contributed by atoms with Crippen molar-refractivity contribution in [2.75, 3.05) is 20.8 Å². The Bertz CT molecular complexity index is 352. The van der Waals surface area contributed by atoms with Crippen molar-refractivity contribution in [2.24, 2.45) is 5.73 Å². The molecule has 1 aromatic rings. The summed E-state index contributed by atoms with van der Waals surface area (Å²) >= 11 is 0. The van der Waals surface area contributed by atoms with Crippen LogP contribution in [0.1, 0.15) is 24.1 Å². The molecule has 0 aromatic heterocycles. The Morgan fingerprint density at radius 1 is 1.31 bits per heavy atom. The summed E-state index contributed by atoms with van der Waals surface area (Å²) in [5.41, 5.74) is 7.78. The summed E-state index contributed by atoms with van der Waals surface area (Å²) in [6.45, 7) is 1.92. The van der Waals surface area contributed by atoms with E-state index in [1.54, 1.807) is 14.2 Å². The second-order valence-corrected chi connectivity index (χ2v) is 3.52. The number of hydrogen-bond donors (Lipinski definition) is 2. The average molecular weight is 225 g/mol. The van der Waals surface area contributed by atoms with Gasteiger partial charge in [-0.2, -0.15) is 0 Å². The molecule has 0 bridgehead atoms. The molecule has 1 rings (SSSR count). The summed E-state index contributed by atoms with van der Waals surface area (Å²) in [5, 5.41) is 9.17. The molecule has 0 aliphatic heterocycles. The molecule has 0 heterocycles. The molecule has 90 valence electrons. The molecule has 4 heteroatoms. The van der Waals surface area contributed by atoms with E-state index < -0.39 is 6.04 Å². The largest absolute Gasteiger partial charge is 0.493 e. The zero-order valence-corrected chi connectivity index (χ0v) is 9.99. The quantitative estimate of drug-likeness (QED) is 0.791. The van der Waals surface area contributed by atoms with E-state index >= 15 is 0 Å². The summed E-state index contributed by atoms with van der Waals surface area (Å²) in [6, 6.07) is 3.36. The second-order valence-electron chi connectivity index (χ2n) is 3.52. The van der Waals surface area contributed by atoms with E-state index in [1.807, 2.05) is 19.1 Å². The van der Waals surface area contributed by atoms with Crippen LogP contribution >= 0.6 is 0 Å². The fourth-order valence-corrected chi connectivity index (χ4v) is 1.80. The van der Waals surface area contributed by atoms with Crippen LogP contribution in [0.2, 0.25) is 0 Å². The topological polar surface area (TPSA) is 64.7 Å². The van der Waals surface area contributed by atoms with Gasteiger partial charge >= 0.3 is 0 Å². The number of hydrogen-bond acceptors (Lipinski definition) is 4. The van der Waals surface area contributed by atoms with Gasteiger partial charge in [-0.1, -0.05) is 13.0 Å². The van der Waals surface area contributed by atoms with Gasteiger partial charge in [-0.05, 0) is 18.1 Å². The van der Waals surface area contributed by atoms with E-state index in [1.165, 1.54) is 0 Å². The first-order valence-electron chi connectivity index (χ1n) is 5.29. The first-order valence-corrected chi connectivity index (χ1v) is 5.29. The Labute approximate surface area is 96.0 Å². The highest BCUT2D eigenvalue weighted by atomic mass is 16.5. The van der Waals surface area contributed by atoms with Crippen molar-refractivity contribution in [3.63, 3.8) is 0 Å². The van der Waals surface area contributed by atoms with E-state index in [4.69, 9.17) is 15.2 Å². The maximum atomic E-state index is 9.17. The number of aryl methyl sites for hydroxylation is 1. The summed E-state index contributed by atoms with van der Waals surface area (Å²) in [6.07, 6.45) is 0.837. The normalized spacial score (nSPS) is 12.3. The Morgan fingerprint density at radius 3 is 2.44 bits per heavy atom. The fraction of sp³-hybridized carbons (Fsp3) is 0.500. The summed E-state index contributed by atoms with van der Waals surface area (Å²) in [7, 11) is 3.16. The molecule has 0 fully saturated rings. The van der Waals surface area contributed by atoms with E-state index in [0.717, 1.165) is 17.5 Å². The predicted octanol–water partition coefficient (Wildman–Crippen LogP) is 1.26. The van der Waals surface area contributed by atoms with Crippen LogP contribution < -0.4 is 15.2 Å². The minimum absolute atomic E-state index is 0.115. The van der Waals surface area contributed by atoms with Gasteiger partial charge in [0, 0.05) is 5.56 Å². The molecule has 1 atom stereocenters. The first kappa shape index (κ1) is 12.8. The van der Waals surface area contributed by atoms with Gasteiger partial charge in [0.15, 0.2) is 11.5 Å². The van der Waals surface area contributed by atoms with Crippen molar-refractivity contribution >= 4 is 0 Å². The Kier molecular flexibility index (Phi) is 4.58. The highest BCUT2D eigenvalue weighted by Gasteiger charge is 2.19. The first-order chi connectivity index (χ1) is 7.69. The molecule has 0 amide bonds. The van der Waals surface area contributed by atoms with Crippen molar-refractivity contribution in [1.82, 2.24) is 0 Å². The lowest BCUT2D eigenvalue weighted by atomic mass is 9.97. The van der Waals surface area contributed by atoms with Gasteiger partial charge in [0.25, 0.3) is 0 Å². The molecule has 0 spiro atoms. The molecule has 0 saturated heterocycles. The Morgan fingerprint density at radius 2 is 2.00 bits per heavy atom. The maximum Gasteiger partial charge on any atom is 0.165 e. The molecule has 1 aromatic carbocycles. The van der Waals surface area contributed by atoms with Gasteiger partial charge in [0.05, 0.1) is 26.9 Å². The lowest BCUT2D eigenvalue weighted by Gasteiger charge is -2.19. The Balaban J connectivity index is 3.36. The molecule has 0 aliphatic carbocycles. The van der Waals surface area contributed by atoms with Crippen molar-refractivity contribution in [1.29, 1.82) is 0 Å². The van der Waals surface area contributed by atoms with Crippen molar-refractivity contribution < 1.29 is 14.6 Å². The highest BCUT2D eigenvalue weighted by molar-refractivity contribution is 5.52. The SMILES string of the molecule is CCc1ccc(OC)c(OC)c1C(N)CO. The van der Waals surface area contributed by atoms with Crippen LogP contribution in [-0.4, -0.2) is 25.9 Å². The highest BCUT2D eigenvalue weighted by Crippen LogP contribution is 2.36. The van der Waals surface area contributed by atoms with Crippen LogP contribution in [0.5, 0.6) is 11.5 Å². The third-order valence-corrected chi connectivity index (χ3v) is 2.62. The lowest BCUT2D eigenvalue weighted by molar-refractivity contribution is 0.262. The standard InChI is InChI=1S/C12H19NO3/c1-4-8-5-6-10(15-2)12(16-3)11(8)9(13)7-14/h5-6,9,14H,4,7,13H2,1-3H3. The zero-order chi connectivity index (χ0) is 12.1. The van der Waals surface area contributed by atoms with Crippen LogP contribution in [0.15, 0.2) is 12.1 Å². The van der Waals surface area contributed by atoms with Crippen LogP contribution in [0.4, 0.5) is 0 Å². The third-order valence-electron chi connectivity index (χ3n) is 2.62. The van der Waals surface area contributed by atoms with E-state index in [-0.39, 0.29) is 6.61 Å². The molecule has 3 N–H and O–H groups in total. The van der Waals surface area contributed by atoms with Gasteiger partial charge in [-0.25, -0.2) is 0 Å². The number of benzene rings is 1. The lowest BCUT2D eigenvalue weighted by Crippen LogP contribution is -2.18. The van der Waals surface area contributed by atoms with Gasteiger partial charge in [-0.3, -0.25) is 0 Å². The van der Waals surface area contributed by atoms with E-state index in [9.17, 15) is 5.11 Å². The van der Waals surface area contributed by atoms with E-state index in [0.29, 0.717) is 11.5 Å². The third kappa shape index (κ3) is 2.28. The average Bonchev–Trinajstić information content (AvgIpc) is 2.35. The van der Waals surface area contributed by atoms with Crippen LogP contribution in [0.3, 0.4) is 0 Å². The number of aliphatic hydroxyl groups excluding tert-OH is 1. The van der Waals surface area contributed by atoms with Crippen molar-refractivity contribution in [3.8, 4) is 11.5 Å². The number of ether oxygens (including phenoxy) is 2. The van der Waals surface area contributed by atoms with Crippen LogP contribution in [0.25, 0.3) is 0 Å². The Hall–Kier alpha value is -1.26. The smallest absolute Gasteiger partial charge is 0.165 e. The molecule has 0 aliphatic rings. The summed E-state index contributed by atoms with van der Waals surface area (Å²) in [4.78, 5) is 0. The maximum absolute atomic E-state index is 9.17. The minimum atomic E-state index is -0.444. The van der Waals surface area contributed by atoms with Gasteiger partial charge < -0.3 is 20.3 Å². The molecule has 0 radical (unpaired) electrons. The van der Waals surface area contributed by atoms with E-state index in [2.05, 4.69) is 0 Å². The molecule has 0 saturated carbocycles. The number of aliphatic hydroxyl groups is 1. The molecular weight excluding hydrogens is 206 g/mol. The summed E-state index contributed by atoms with van der Waals surface area (Å²) in [5.74, 6) is 1.25. The van der Waals surface area contributed by atoms with Gasteiger partial charge in [0.2, 0.25) is 0 Å². The molecule has 16 heavy (non-hydrogen) atoms.